The van der Waals surface area contributed by atoms with Gasteiger partial charge < -0.3 is 16.4 Å². The topological polar surface area (TPSA) is 102 Å². The minimum Gasteiger partial charge on any atom is -0.370 e. The Morgan fingerprint density at radius 2 is 2.36 bits per heavy atom. The van der Waals surface area contributed by atoms with E-state index in [1.165, 1.54) is 6.42 Å². The summed E-state index contributed by atoms with van der Waals surface area (Å²) in [6, 6.07) is 1.76. The molecule has 2 aliphatic rings. The molecule has 2 fully saturated rings. The van der Waals surface area contributed by atoms with Gasteiger partial charge in [0.25, 0.3) is 0 Å². The Morgan fingerprint density at radius 3 is 3.18 bits per heavy atom. The fraction of sp³-hybridized carbons (Fsp3) is 0.667. The number of nitrogens with two attached hydrogens (primary N) is 1. The van der Waals surface area contributed by atoms with E-state index in [1.54, 1.807) is 16.9 Å². The Labute approximate surface area is 129 Å². The normalized spacial score (nSPS) is 27.4. The van der Waals surface area contributed by atoms with Crippen LogP contribution in [0.15, 0.2) is 12.3 Å². The zero-order chi connectivity index (χ0) is 15.6. The van der Waals surface area contributed by atoms with E-state index in [1.807, 2.05) is 0 Å². The number of hydrogen-bond donors (Lipinski definition) is 3. The van der Waals surface area contributed by atoms with E-state index in [2.05, 4.69) is 15.7 Å². The van der Waals surface area contributed by atoms with Crippen molar-refractivity contribution in [3.63, 3.8) is 0 Å². The van der Waals surface area contributed by atoms with Crippen molar-refractivity contribution in [2.24, 2.45) is 17.1 Å². The lowest BCUT2D eigenvalue weighted by Gasteiger charge is -2.36. The molecule has 7 nitrogen and oxygen atoms in total. The van der Waals surface area contributed by atoms with E-state index in [-0.39, 0.29) is 23.7 Å². The molecule has 1 saturated carbocycles. The Kier molecular flexibility index (Phi) is 4.15. The van der Waals surface area contributed by atoms with Gasteiger partial charge in [-0.25, -0.2) is 0 Å². The summed E-state index contributed by atoms with van der Waals surface area (Å²) in [4.78, 5) is 23.6. The summed E-state index contributed by atoms with van der Waals surface area (Å²) in [5.74, 6) is 0.683. The van der Waals surface area contributed by atoms with E-state index in [0.717, 1.165) is 32.4 Å². The molecule has 2 amide bonds. The molecule has 1 aromatic heterocycles. The average Bonchev–Trinajstić information content (AvgIpc) is 3.11. The fourth-order valence-corrected chi connectivity index (χ4v) is 3.71. The van der Waals surface area contributed by atoms with Crippen LogP contribution in [0.5, 0.6) is 0 Å². The third-order valence-electron chi connectivity index (χ3n) is 4.96. The van der Waals surface area contributed by atoms with Crippen molar-refractivity contribution < 1.29 is 9.59 Å². The second-order valence-corrected chi connectivity index (χ2v) is 6.36. The molecule has 0 bridgehead atoms. The van der Waals surface area contributed by atoms with E-state index < -0.39 is 0 Å². The van der Waals surface area contributed by atoms with Crippen LogP contribution in [0.4, 0.5) is 5.82 Å². The maximum Gasteiger partial charge on any atom is 0.233 e. The predicted molar refractivity (Wildman–Crippen MR) is 81.9 cm³/mol. The van der Waals surface area contributed by atoms with Gasteiger partial charge in [-0.3, -0.25) is 14.3 Å². The van der Waals surface area contributed by atoms with Crippen molar-refractivity contribution in [1.82, 2.24) is 15.1 Å². The quantitative estimate of drug-likeness (QED) is 0.736. The maximum absolute atomic E-state index is 12.8. The number of hydrogen-bond acceptors (Lipinski definition) is 4. The summed E-state index contributed by atoms with van der Waals surface area (Å²) in [5, 5.41) is 10.6. The lowest BCUT2D eigenvalue weighted by atomic mass is 9.67. The van der Waals surface area contributed by atoms with Gasteiger partial charge in [0.15, 0.2) is 5.82 Å². The minimum atomic E-state index is -0.359. The highest BCUT2D eigenvalue weighted by Gasteiger charge is 2.49. The molecule has 0 unspecified atom stereocenters. The lowest BCUT2D eigenvalue weighted by Crippen LogP contribution is -2.44. The third-order valence-corrected chi connectivity index (χ3v) is 4.96. The first-order chi connectivity index (χ1) is 10.6. The van der Waals surface area contributed by atoms with Crippen molar-refractivity contribution in [3.8, 4) is 0 Å². The number of anilines is 1. The molecule has 7 heteroatoms. The number of primary amides is 1. The smallest absolute Gasteiger partial charge is 0.233 e. The van der Waals surface area contributed by atoms with Crippen LogP contribution >= 0.6 is 0 Å². The molecule has 1 saturated heterocycles. The maximum atomic E-state index is 12.8. The van der Waals surface area contributed by atoms with Gasteiger partial charge in [0.1, 0.15) is 0 Å². The summed E-state index contributed by atoms with van der Waals surface area (Å²) in [7, 11) is 0. The van der Waals surface area contributed by atoms with Gasteiger partial charge in [0, 0.05) is 31.8 Å². The van der Waals surface area contributed by atoms with Crippen LogP contribution in [-0.4, -0.2) is 34.7 Å². The highest BCUT2D eigenvalue weighted by atomic mass is 16.2. The van der Waals surface area contributed by atoms with Gasteiger partial charge in [-0.05, 0) is 25.3 Å². The lowest BCUT2D eigenvalue weighted by molar-refractivity contribution is -0.128. The second-order valence-electron chi connectivity index (χ2n) is 6.36. The van der Waals surface area contributed by atoms with E-state index in [4.69, 9.17) is 5.73 Å². The van der Waals surface area contributed by atoms with Crippen molar-refractivity contribution in [2.75, 3.05) is 18.4 Å². The van der Waals surface area contributed by atoms with E-state index in [9.17, 15) is 9.59 Å². The Morgan fingerprint density at radius 1 is 1.50 bits per heavy atom. The number of nitrogens with one attached hydrogen (secondary N) is 2. The second kappa shape index (κ2) is 6.08. The summed E-state index contributed by atoms with van der Waals surface area (Å²) >= 11 is 0. The van der Waals surface area contributed by atoms with E-state index in [0.29, 0.717) is 18.3 Å². The first-order valence-corrected chi connectivity index (χ1v) is 7.94. The Hall–Kier alpha value is -1.89. The molecule has 22 heavy (non-hydrogen) atoms. The van der Waals surface area contributed by atoms with Gasteiger partial charge >= 0.3 is 0 Å². The molecule has 0 radical (unpaired) electrons. The summed E-state index contributed by atoms with van der Waals surface area (Å²) in [6.45, 7) is 2.12. The minimum absolute atomic E-state index is 0.0716. The van der Waals surface area contributed by atoms with E-state index >= 15 is 0 Å². The SMILES string of the molecule is NC(=O)CCn1ccc(NC(=O)[C@@]23CCCC[C@H]2CNC3)n1. The summed E-state index contributed by atoms with van der Waals surface area (Å²) in [5.41, 5.74) is 4.84. The summed E-state index contributed by atoms with van der Waals surface area (Å²) < 4.78 is 1.63. The molecule has 0 spiro atoms. The van der Waals surface area contributed by atoms with Gasteiger partial charge in [-0.15, -0.1) is 0 Å². The number of rotatable bonds is 5. The standard InChI is InChI=1S/C15H23N5O2/c16-12(21)4-7-20-8-5-13(19-20)18-14(22)15-6-2-1-3-11(15)9-17-10-15/h5,8,11,17H,1-4,6-7,9-10H2,(H2,16,21)(H,18,19,22)/t11-,15+/m0/s1. The highest BCUT2D eigenvalue weighted by molar-refractivity contribution is 5.95. The molecular formula is C15H23N5O2. The molecule has 0 aromatic carbocycles. The van der Waals surface area contributed by atoms with Crippen molar-refractivity contribution >= 4 is 17.6 Å². The van der Waals surface area contributed by atoms with Crippen LogP contribution in [0.1, 0.15) is 32.1 Å². The molecule has 2 atom stereocenters. The molecule has 2 heterocycles. The number of amides is 2. The first-order valence-electron chi connectivity index (χ1n) is 7.94. The number of aryl methyl sites for hydroxylation is 1. The number of aromatic nitrogens is 2. The first kappa shape index (κ1) is 15.0. The molecule has 120 valence electrons. The zero-order valence-electron chi connectivity index (χ0n) is 12.7. The van der Waals surface area contributed by atoms with Crippen LogP contribution in [-0.2, 0) is 16.1 Å². The van der Waals surface area contributed by atoms with Crippen LogP contribution in [0.2, 0.25) is 0 Å². The van der Waals surface area contributed by atoms with Crippen molar-refractivity contribution in [2.45, 2.75) is 38.6 Å². The third kappa shape index (κ3) is 2.85. The molecule has 1 aliphatic carbocycles. The Bertz CT molecular complexity index is 570. The molecular weight excluding hydrogens is 282 g/mol. The van der Waals surface area contributed by atoms with Crippen LogP contribution in [0.3, 0.4) is 0 Å². The predicted octanol–water partition coefficient (Wildman–Crippen LogP) is 0.477. The number of carbonyl (C=O) groups excluding carboxylic acids is 2. The van der Waals surface area contributed by atoms with Gasteiger partial charge in [-0.2, -0.15) is 5.10 Å². The zero-order valence-corrected chi connectivity index (χ0v) is 12.7. The molecule has 4 N–H and O–H groups in total. The van der Waals surface area contributed by atoms with Gasteiger partial charge in [-0.1, -0.05) is 12.8 Å². The van der Waals surface area contributed by atoms with Crippen LogP contribution in [0, 0.1) is 11.3 Å². The highest BCUT2D eigenvalue weighted by Crippen LogP contribution is 2.44. The molecule has 3 rings (SSSR count). The number of fused-ring (bicyclic) bond motifs is 1. The van der Waals surface area contributed by atoms with Gasteiger partial charge in [0.05, 0.1) is 5.41 Å². The van der Waals surface area contributed by atoms with Crippen molar-refractivity contribution in [1.29, 1.82) is 0 Å². The Balaban J connectivity index is 1.65. The van der Waals surface area contributed by atoms with Gasteiger partial charge in [0.2, 0.25) is 11.8 Å². The van der Waals surface area contributed by atoms with Crippen LogP contribution in [0.25, 0.3) is 0 Å². The number of carbonyl (C=O) groups is 2. The van der Waals surface area contributed by atoms with Crippen LogP contribution < -0.4 is 16.4 Å². The van der Waals surface area contributed by atoms with Crippen molar-refractivity contribution in [3.05, 3.63) is 12.3 Å². The molecule has 1 aliphatic heterocycles. The fourth-order valence-electron chi connectivity index (χ4n) is 3.71. The monoisotopic (exact) mass is 305 g/mol. The average molecular weight is 305 g/mol. The largest absolute Gasteiger partial charge is 0.370 e. The summed E-state index contributed by atoms with van der Waals surface area (Å²) in [6.07, 6.45) is 6.38. The molecule has 1 aromatic rings. The number of nitrogens with zero attached hydrogens (tertiary/aromatic N) is 2.